The number of benzene rings is 1. The zero-order valence-corrected chi connectivity index (χ0v) is 18.1. The molecule has 1 aliphatic heterocycles. The number of carbonyl (C=O) groups excluding carboxylic acids is 1. The van der Waals surface area contributed by atoms with Crippen LogP contribution in [-0.4, -0.2) is 42.9 Å². The van der Waals surface area contributed by atoms with E-state index in [0.717, 1.165) is 55.6 Å². The number of nitrogens with zero attached hydrogens (tertiary/aromatic N) is 2. The molecule has 0 atom stereocenters. The Morgan fingerprint density at radius 1 is 1.07 bits per heavy atom. The molecule has 1 saturated carbocycles. The molecule has 2 aliphatic rings. The Morgan fingerprint density at radius 2 is 1.79 bits per heavy atom. The number of halogens is 1. The quantitative estimate of drug-likeness (QED) is 0.649. The van der Waals surface area contributed by atoms with E-state index < -0.39 is 0 Å². The van der Waals surface area contributed by atoms with Crippen LogP contribution in [0.2, 0.25) is 0 Å². The largest absolute Gasteiger partial charge is 0.339 e. The number of amides is 1. The maximum atomic E-state index is 13.7. The van der Waals surface area contributed by atoms with Crippen molar-refractivity contribution in [3.05, 3.63) is 64.1 Å². The highest BCUT2D eigenvalue weighted by Gasteiger charge is 2.48. The second-order valence-electron chi connectivity index (χ2n) is 8.78. The molecule has 0 radical (unpaired) electrons. The van der Waals surface area contributed by atoms with Gasteiger partial charge >= 0.3 is 0 Å². The van der Waals surface area contributed by atoms with Gasteiger partial charge in [-0.15, -0.1) is 11.3 Å². The van der Waals surface area contributed by atoms with Crippen LogP contribution in [0.1, 0.15) is 42.5 Å². The number of hydrogen-bond donors (Lipinski definition) is 0. The number of carbonyl (C=O) groups is 1. The molecule has 1 aromatic heterocycles. The summed E-state index contributed by atoms with van der Waals surface area (Å²) in [6.07, 6.45) is 8.87. The molecule has 2 heterocycles. The molecular formula is C24H29FN2OS. The SMILES string of the molecule is CN(C)C1(c2ccc(F)s2)CCC2(CCN(C(=O)C=Cc3ccccc3)C2)CC1. The summed E-state index contributed by atoms with van der Waals surface area (Å²) in [5, 5.41) is -0.107. The summed E-state index contributed by atoms with van der Waals surface area (Å²) in [4.78, 5) is 18.1. The Hall–Kier alpha value is -1.98. The van der Waals surface area contributed by atoms with Gasteiger partial charge < -0.3 is 4.90 Å². The summed E-state index contributed by atoms with van der Waals surface area (Å²) < 4.78 is 13.7. The van der Waals surface area contributed by atoms with Crippen molar-refractivity contribution in [2.75, 3.05) is 27.2 Å². The third kappa shape index (κ3) is 4.03. The van der Waals surface area contributed by atoms with Crippen LogP contribution in [0.3, 0.4) is 0 Å². The molecule has 2 aromatic rings. The van der Waals surface area contributed by atoms with Crippen LogP contribution in [0.4, 0.5) is 4.39 Å². The molecule has 2 fully saturated rings. The first-order valence-electron chi connectivity index (χ1n) is 10.4. The summed E-state index contributed by atoms with van der Waals surface area (Å²) in [6.45, 7) is 1.67. The summed E-state index contributed by atoms with van der Waals surface area (Å²) in [6, 6.07) is 13.5. The molecule has 1 spiro atoms. The smallest absolute Gasteiger partial charge is 0.246 e. The monoisotopic (exact) mass is 412 g/mol. The van der Waals surface area contributed by atoms with Gasteiger partial charge in [-0.1, -0.05) is 30.3 Å². The Kier molecular flexibility index (Phi) is 5.63. The molecule has 3 nitrogen and oxygen atoms in total. The average Bonchev–Trinajstić information content (AvgIpc) is 3.35. The zero-order chi connectivity index (χ0) is 20.5. The highest BCUT2D eigenvalue weighted by molar-refractivity contribution is 7.10. The number of hydrogen-bond acceptors (Lipinski definition) is 3. The molecule has 0 bridgehead atoms. The second kappa shape index (κ2) is 8.04. The van der Waals surface area contributed by atoms with E-state index in [0.29, 0.717) is 0 Å². The van der Waals surface area contributed by atoms with Crippen molar-refractivity contribution in [1.29, 1.82) is 0 Å². The first-order valence-corrected chi connectivity index (χ1v) is 11.2. The third-order valence-corrected chi connectivity index (χ3v) is 8.06. The average molecular weight is 413 g/mol. The van der Waals surface area contributed by atoms with Crippen LogP contribution >= 0.6 is 11.3 Å². The summed E-state index contributed by atoms with van der Waals surface area (Å²) in [5.74, 6) is 0.107. The molecule has 1 aliphatic carbocycles. The molecule has 4 rings (SSSR count). The van der Waals surface area contributed by atoms with E-state index >= 15 is 0 Å². The van der Waals surface area contributed by atoms with Crippen LogP contribution in [0.15, 0.2) is 48.5 Å². The summed E-state index contributed by atoms with van der Waals surface area (Å²) >= 11 is 1.28. The lowest BCUT2D eigenvalue weighted by atomic mass is 9.66. The number of thiophene rings is 1. The van der Waals surface area contributed by atoms with E-state index in [-0.39, 0.29) is 22.0 Å². The van der Waals surface area contributed by atoms with Gasteiger partial charge in [0.25, 0.3) is 0 Å². The van der Waals surface area contributed by atoms with Crippen LogP contribution in [-0.2, 0) is 10.3 Å². The van der Waals surface area contributed by atoms with Crippen LogP contribution in [0.5, 0.6) is 0 Å². The minimum absolute atomic E-state index is 0.0785. The van der Waals surface area contributed by atoms with Gasteiger partial charge in [-0.3, -0.25) is 9.69 Å². The molecule has 29 heavy (non-hydrogen) atoms. The van der Waals surface area contributed by atoms with Crippen LogP contribution < -0.4 is 0 Å². The van der Waals surface area contributed by atoms with Crippen molar-refractivity contribution in [2.24, 2.45) is 5.41 Å². The van der Waals surface area contributed by atoms with E-state index in [4.69, 9.17) is 0 Å². The first kappa shape index (κ1) is 20.3. The van der Waals surface area contributed by atoms with E-state index in [1.165, 1.54) is 11.3 Å². The van der Waals surface area contributed by atoms with Gasteiger partial charge in [0.05, 0.1) is 5.54 Å². The summed E-state index contributed by atoms with van der Waals surface area (Å²) in [5.41, 5.74) is 1.18. The highest BCUT2D eigenvalue weighted by atomic mass is 32.1. The third-order valence-electron chi connectivity index (χ3n) is 6.99. The number of likely N-dealkylation sites (tertiary alicyclic amines) is 1. The maximum absolute atomic E-state index is 13.7. The van der Waals surface area contributed by atoms with E-state index in [1.807, 2.05) is 47.4 Å². The minimum Gasteiger partial charge on any atom is -0.339 e. The Balaban J connectivity index is 1.41. The second-order valence-corrected chi connectivity index (χ2v) is 9.82. The molecule has 1 aromatic carbocycles. The van der Waals surface area contributed by atoms with Gasteiger partial charge in [0.1, 0.15) is 0 Å². The van der Waals surface area contributed by atoms with Gasteiger partial charge in [0.15, 0.2) is 5.13 Å². The lowest BCUT2D eigenvalue weighted by Crippen LogP contribution is -2.47. The summed E-state index contributed by atoms with van der Waals surface area (Å²) in [7, 11) is 4.21. The zero-order valence-electron chi connectivity index (χ0n) is 17.2. The lowest BCUT2D eigenvalue weighted by Gasteiger charge is -2.48. The lowest BCUT2D eigenvalue weighted by molar-refractivity contribution is -0.125. The van der Waals surface area contributed by atoms with Crippen molar-refractivity contribution < 1.29 is 9.18 Å². The highest BCUT2D eigenvalue weighted by Crippen LogP contribution is 2.52. The molecule has 154 valence electrons. The fourth-order valence-electron chi connectivity index (χ4n) is 5.04. The number of rotatable bonds is 4. The molecular weight excluding hydrogens is 383 g/mol. The Morgan fingerprint density at radius 3 is 2.41 bits per heavy atom. The van der Waals surface area contributed by atoms with Gasteiger partial charge in [-0.2, -0.15) is 4.39 Å². The van der Waals surface area contributed by atoms with Gasteiger partial charge in [0, 0.05) is 24.0 Å². The minimum atomic E-state index is -0.107. The molecule has 5 heteroatoms. The van der Waals surface area contributed by atoms with Crippen molar-refractivity contribution in [1.82, 2.24) is 9.80 Å². The Labute approximate surface area is 176 Å². The van der Waals surface area contributed by atoms with Crippen molar-refractivity contribution in [3.63, 3.8) is 0 Å². The van der Waals surface area contributed by atoms with Gasteiger partial charge in [0.2, 0.25) is 5.91 Å². The molecule has 1 amide bonds. The van der Waals surface area contributed by atoms with E-state index in [2.05, 4.69) is 19.0 Å². The van der Waals surface area contributed by atoms with Crippen LogP contribution in [0, 0.1) is 10.5 Å². The fourth-order valence-corrected chi connectivity index (χ4v) is 6.10. The van der Waals surface area contributed by atoms with E-state index in [1.54, 1.807) is 12.1 Å². The van der Waals surface area contributed by atoms with Crippen molar-refractivity contribution >= 4 is 23.3 Å². The molecule has 0 N–H and O–H groups in total. The normalized spacial score (nSPS) is 27.4. The van der Waals surface area contributed by atoms with Gasteiger partial charge in [-0.25, -0.2) is 0 Å². The predicted octanol–water partition coefficient (Wildman–Crippen LogP) is 5.15. The fraction of sp³-hybridized carbons (Fsp3) is 0.458. The van der Waals surface area contributed by atoms with Gasteiger partial charge in [-0.05, 0) is 75.4 Å². The van der Waals surface area contributed by atoms with Crippen molar-refractivity contribution in [3.8, 4) is 0 Å². The maximum Gasteiger partial charge on any atom is 0.246 e. The predicted molar refractivity (Wildman–Crippen MR) is 117 cm³/mol. The molecule has 0 unspecified atom stereocenters. The van der Waals surface area contributed by atoms with Crippen LogP contribution in [0.25, 0.3) is 6.08 Å². The topological polar surface area (TPSA) is 23.6 Å². The standard InChI is InChI=1S/C24H29FN2OS/c1-26(2)24(20-9-10-21(25)29-20)14-12-23(13-15-24)16-17-27(18-23)22(28)11-8-19-6-4-3-5-7-19/h3-11H,12-18H2,1-2H3. The first-order chi connectivity index (χ1) is 13.9. The van der Waals surface area contributed by atoms with E-state index in [9.17, 15) is 9.18 Å². The molecule has 1 saturated heterocycles. The Bertz CT molecular complexity index is 881. The van der Waals surface area contributed by atoms with Crippen molar-refractivity contribution in [2.45, 2.75) is 37.6 Å².